The van der Waals surface area contributed by atoms with Gasteiger partial charge in [0.2, 0.25) is 0 Å². The lowest BCUT2D eigenvalue weighted by molar-refractivity contribution is 0.196. The van der Waals surface area contributed by atoms with Crippen LogP contribution in [0, 0.1) is 0 Å². The second-order valence-electron chi connectivity index (χ2n) is 7.31. The standard InChI is InChI=1S/C23H23ClN2O5/c1-4-26-12-21(16-10-19(29-2)20(30-3)11-17(16)22(26)27)31-23(28)25-18-8-6-13-5-7-14(24)9-15(13)18/h5,7,9-12,18H,4,6,8H2,1-3H3,(H,25,28). The highest BCUT2D eigenvalue weighted by molar-refractivity contribution is 6.30. The van der Waals surface area contributed by atoms with Crippen LogP contribution < -0.4 is 25.1 Å². The Kier molecular flexibility index (Phi) is 5.78. The Morgan fingerprint density at radius 1 is 1.13 bits per heavy atom. The van der Waals surface area contributed by atoms with E-state index in [1.807, 2.05) is 25.1 Å². The number of benzene rings is 2. The molecular formula is C23H23ClN2O5. The fraction of sp³-hybridized carbons (Fsp3) is 0.304. The van der Waals surface area contributed by atoms with Crippen LogP contribution in [0.1, 0.15) is 30.5 Å². The van der Waals surface area contributed by atoms with Crippen molar-refractivity contribution in [1.82, 2.24) is 9.88 Å². The number of rotatable bonds is 5. The molecule has 0 radical (unpaired) electrons. The average molecular weight is 443 g/mol. The van der Waals surface area contributed by atoms with Crippen molar-refractivity contribution in [3.63, 3.8) is 0 Å². The van der Waals surface area contributed by atoms with Gasteiger partial charge in [-0.3, -0.25) is 4.79 Å². The molecule has 1 heterocycles. The molecule has 3 aromatic rings. The number of methoxy groups -OCH3 is 2. The van der Waals surface area contributed by atoms with E-state index < -0.39 is 6.09 Å². The molecule has 0 aliphatic heterocycles. The third kappa shape index (κ3) is 3.93. The largest absolute Gasteiger partial charge is 0.493 e. The van der Waals surface area contributed by atoms with Crippen LogP contribution in [-0.4, -0.2) is 24.9 Å². The van der Waals surface area contributed by atoms with E-state index in [-0.39, 0.29) is 17.4 Å². The van der Waals surface area contributed by atoms with Crippen LogP contribution >= 0.6 is 11.6 Å². The summed E-state index contributed by atoms with van der Waals surface area (Å²) >= 11 is 6.12. The van der Waals surface area contributed by atoms with Gasteiger partial charge in [-0.25, -0.2) is 4.79 Å². The number of aryl methyl sites for hydroxylation is 2. The molecule has 0 saturated carbocycles. The number of amides is 1. The molecule has 0 bridgehead atoms. The third-order valence-corrected chi connectivity index (χ3v) is 5.81. The number of hydrogen-bond donors (Lipinski definition) is 1. The molecule has 1 amide bonds. The maximum atomic E-state index is 12.8. The first-order valence-electron chi connectivity index (χ1n) is 10.0. The van der Waals surface area contributed by atoms with Gasteiger partial charge in [-0.05, 0) is 55.2 Å². The summed E-state index contributed by atoms with van der Waals surface area (Å²) in [5.74, 6) is 1.13. The molecule has 0 saturated heterocycles. The van der Waals surface area contributed by atoms with Crippen molar-refractivity contribution < 1.29 is 19.0 Å². The Hall–Kier alpha value is -3.19. The number of carbonyl (C=O) groups excluding carboxylic acids is 1. The zero-order valence-corrected chi connectivity index (χ0v) is 18.3. The molecule has 31 heavy (non-hydrogen) atoms. The van der Waals surface area contributed by atoms with E-state index in [0.717, 1.165) is 24.0 Å². The van der Waals surface area contributed by atoms with Gasteiger partial charge in [0.25, 0.3) is 5.56 Å². The van der Waals surface area contributed by atoms with Gasteiger partial charge in [0.15, 0.2) is 17.2 Å². The molecule has 1 N–H and O–H groups in total. The summed E-state index contributed by atoms with van der Waals surface area (Å²) in [4.78, 5) is 25.6. The van der Waals surface area contributed by atoms with Crippen molar-refractivity contribution in [2.75, 3.05) is 14.2 Å². The van der Waals surface area contributed by atoms with Gasteiger partial charge in [-0.1, -0.05) is 17.7 Å². The van der Waals surface area contributed by atoms with Crippen LogP contribution in [0.3, 0.4) is 0 Å². The topological polar surface area (TPSA) is 78.8 Å². The van der Waals surface area contributed by atoms with E-state index in [9.17, 15) is 9.59 Å². The Labute approximate surface area is 184 Å². The summed E-state index contributed by atoms with van der Waals surface area (Å²) in [5, 5.41) is 4.39. The highest BCUT2D eigenvalue weighted by Gasteiger charge is 2.25. The number of ether oxygens (including phenoxy) is 3. The highest BCUT2D eigenvalue weighted by atomic mass is 35.5. The lowest BCUT2D eigenvalue weighted by atomic mass is 10.1. The number of aromatic nitrogens is 1. The zero-order chi connectivity index (χ0) is 22.1. The summed E-state index contributed by atoms with van der Waals surface area (Å²) in [6.45, 7) is 2.27. The number of fused-ring (bicyclic) bond motifs is 2. The smallest absolute Gasteiger partial charge is 0.413 e. The number of nitrogens with one attached hydrogen (secondary N) is 1. The monoisotopic (exact) mass is 442 g/mol. The minimum atomic E-state index is -0.602. The molecule has 1 aromatic heterocycles. The Morgan fingerprint density at radius 2 is 1.84 bits per heavy atom. The summed E-state index contributed by atoms with van der Waals surface area (Å²) in [6.07, 6.45) is 2.56. The normalized spacial score (nSPS) is 14.9. The van der Waals surface area contributed by atoms with Crippen molar-refractivity contribution in [3.8, 4) is 17.2 Å². The maximum absolute atomic E-state index is 12.8. The van der Waals surface area contributed by atoms with Crippen molar-refractivity contribution >= 4 is 28.5 Å². The predicted molar refractivity (Wildman–Crippen MR) is 119 cm³/mol. The molecule has 2 aromatic carbocycles. The fourth-order valence-electron chi connectivity index (χ4n) is 4.00. The Bertz CT molecular complexity index is 1220. The first kappa shape index (κ1) is 21.1. The van der Waals surface area contributed by atoms with Gasteiger partial charge >= 0.3 is 6.09 Å². The number of carbonyl (C=O) groups is 1. The average Bonchev–Trinajstić information content (AvgIpc) is 3.16. The predicted octanol–water partition coefficient (Wildman–Crippen LogP) is 4.47. The van der Waals surface area contributed by atoms with Crippen molar-refractivity contribution in [3.05, 3.63) is 63.0 Å². The molecule has 7 nitrogen and oxygen atoms in total. The first-order valence-corrected chi connectivity index (χ1v) is 10.4. The van der Waals surface area contributed by atoms with Gasteiger partial charge in [-0.2, -0.15) is 0 Å². The summed E-state index contributed by atoms with van der Waals surface area (Å²) in [6, 6.07) is 8.77. The molecule has 1 atom stereocenters. The van der Waals surface area contributed by atoms with Gasteiger partial charge in [0.05, 0.1) is 31.8 Å². The number of pyridine rings is 1. The Morgan fingerprint density at radius 3 is 2.52 bits per heavy atom. The molecule has 0 fully saturated rings. The summed E-state index contributed by atoms with van der Waals surface area (Å²) < 4.78 is 17.8. The number of nitrogens with zero attached hydrogens (tertiary/aromatic N) is 1. The van der Waals surface area contributed by atoms with Crippen molar-refractivity contribution in [1.29, 1.82) is 0 Å². The van der Waals surface area contributed by atoms with Crippen LogP contribution in [0.4, 0.5) is 4.79 Å². The van der Waals surface area contributed by atoms with E-state index in [1.165, 1.54) is 25.0 Å². The number of halogens is 1. The van der Waals surface area contributed by atoms with E-state index in [1.54, 1.807) is 12.1 Å². The van der Waals surface area contributed by atoms with Crippen LogP contribution in [0.15, 0.2) is 41.3 Å². The number of hydrogen-bond acceptors (Lipinski definition) is 5. The lowest BCUT2D eigenvalue weighted by Crippen LogP contribution is -2.30. The van der Waals surface area contributed by atoms with Gasteiger partial charge in [-0.15, -0.1) is 0 Å². The molecule has 8 heteroatoms. The molecule has 162 valence electrons. The SMILES string of the molecule is CCn1cc(OC(=O)NC2CCc3ccc(Cl)cc32)c2cc(OC)c(OC)cc2c1=O. The van der Waals surface area contributed by atoms with E-state index >= 15 is 0 Å². The van der Waals surface area contributed by atoms with E-state index in [0.29, 0.717) is 33.8 Å². The van der Waals surface area contributed by atoms with Crippen molar-refractivity contribution in [2.45, 2.75) is 32.4 Å². The zero-order valence-electron chi connectivity index (χ0n) is 17.5. The van der Waals surface area contributed by atoms with Crippen LogP contribution in [-0.2, 0) is 13.0 Å². The fourth-order valence-corrected chi connectivity index (χ4v) is 4.18. The Balaban J connectivity index is 1.68. The second-order valence-corrected chi connectivity index (χ2v) is 7.74. The molecule has 1 aliphatic rings. The van der Waals surface area contributed by atoms with Crippen LogP contribution in [0.5, 0.6) is 17.2 Å². The van der Waals surface area contributed by atoms with Gasteiger partial charge < -0.3 is 24.1 Å². The molecule has 4 rings (SSSR count). The van der Waals surface area contributed by atoms with Gasteiger partial charge in [0, 0.05) is 17.0 Å². The van der Waals surface area contributed by atoms with Crippen molar-refractivity contribution in [2.24, 2.45) is 0 Å². The molecule has 0 spiro atoms. The van der Waals surface area contributed by atoms with Crippen LogP contribution in [0.2, 0.25) is 5.02 Å². The lowest BCUT2D eigenvalue weighted by Gasteiger charge is -2.17. The first-order chi connectivity index (χ1) is 14.9. The maximum Gasteiger partial charge on any atom is 0.413 e. The highest BCUT2D eigenvalue weighted by Crippen LogP contribution is 2.36. The van der Waals surface area contributed by atoms with Crippen LogP contribution in [0.25, 0.3) is 10.8 Å². The minimum absolute atomic E-state index is 0.181. The third-order valence-electron chi connectivity index (χ3n) is 5.57. The summed E-state index contributed by atoms with van der Waals surface area (Å²) in [5.41, 5.74) is 1.96. The summed E-state index contributed by atoms with van der Waals surface area (Å²) in [7, 11) is 3.01. The van der Waals surface area contributed by atoms with Gasteiger partial charge in [0.1, 0.15) is 0 Å². The quantitative estimate of drug-likeness (QED) is 0.630. The molecule has 1 aliphatic carbocycles. The molecular weight excluding hydrogens is 420 g/mol. The second kappa shape index (κ2) is 8.51. The van der Waals surface area contributed by atoms with E-state index in [2.05, 4.69) is 5.32 Å². The van der Waals surface area contributed by atoms with E-state index in [4.69, 9.17) is 25.8 Å². The molecule has 1 unspecified atom stereocenters. The minimum Gasteiger partial charge on any atom is -0.493 e.